The molecule has 1 aromatic heterocycles. The minimum atomic E-state index is -4.62. The molecule has 0 aliphatic rings. The van der Waals surface area contributed by atoms with Gasteiger partial charge in [0.05, 0.1) is 20.5 Å². The van der Waals surface area contributed by atoms with Crippen molar-refractivity contribution in [2.75, 3.05) is 6.26 Å². The average molecular weight is 380 g/mol. The van der Waals surface area contributed by atoms with Crippen molar-refractivity contribution < 1.29 is 18.0 Å². The molecule has 10 heteroatoms. The van der Waals surface area contributed by atoms with Crippen LogP contribution in [-0.4, -0.2) is 22.3 Å². The van der Waals surface area contributed by atoms with Gasteiger partial charge in [0.2, 0.25) is 0 Å². The summed E-state index contributed by atoms with van der Waals surface area (Å²) >= 11 is 12.9. The number of aromatic nitrogens is 2. The maximum Gasteiger partial charge on any atom is 0.416 e. The third-order valence-corrected chi connectivity index (χ3v) is 4.24. The summed E-state index contributed by atoms with van der Waals surface area (Å²) in [7, 11) is 0. The van der Waals surface area contributed by atoms with Gasteiger partial charge < -0.3 is 0 Å². The summed E-state index contributed by atoms with van der Waals surface area (Å²) in [6.45, 7) is 0. The van der Waals surface area contributed by atoms with Crippen LogP contribution < -0.4 is 0 Å². The van der Waals surface area contributed by atoms with Crippen LogP contribution in [0.15, 0.2) is 17.0 Å². The number of aldehydes is 1. The predicted molar refractivity (Wildman–Crippen MR) is 80.5 cm³/mol. The Labute approximate surface area is 142 Å². The van der Waals surface area contributed by atoms with E-state index in [4.69, 9.17) is 28.5 Å². The van der Waals surface area contributed by atoms with Crippen molar-refractivity contribution in [3.05, 3.63) is 39.1 Å². The summed E-state index contributed by atoms with van der Waals surface area (Å²) in [6.07, 6.45) is -2.55. The second-order valence-electron chi connectivity index (χ2n) is 4.19. The first-order valence-corrected chi connectivity index (χ1v) is 7.81. The van der Waals surface area contributed by atoms with Crippen molar-refractivity contribution in [3.63, 3.8) is 0 Å². The van der Waals surface area contributed by atoms with Crippen molar-refractivity contribution in [1.29, 1.82) is 5.26 Å². The van der Waals surface area contributed by atoms with Gasteiger partial charge in [0.15, 0.2) is 12.0 Å². The maximum atomic E-state index is 12.8. The lowest BCUT2D eigenvalue weighted by molar-refractivity contribution is -0.137. The third-order valence-electron chi connectivity index (χ3n) is 2.85. The molecule has 2 rings (SSSR count). The van der Waals surface area contributed by atoms with Gasteiger partial charge in [-0.1, -0.05) is 23.2 Å². The lowest BCUT2D eigenvalue weighted by atomic mass is 10.2. The molecule has 0 bridgehead atoms. The fourth-order valence-corrected chi connectivity index (χ4v) is 3.17. The first-order valence-electron chi connectivity index (χ1n) is 5.83. The fourth-order valence-electron chi connectivity index (χ4n) is 1.90. The fraction of sp³-hybridized carbons (Fsp3) is 0.154. The second-order valence-corrected chi connectivity index (χ2v) is 5.83. The van der Waals surface area contributed by atoms with Crippen molar-refractivity contribution >= 4 is 41.2 Å². The Bertz CT molecular complexity index is 804. The van der Waals surface area contributed by atoms with E-state index in [0.717, 1.165) is 16.4 Å². The van der Waals surface area contributed by atoms with Crippen LogP contribution in [0.2, 0.25) is 10.0 Å². The van der Waals surface area contributed by atoms with Crippen LogP contribution >= 0.6 is 35.0 Å². The lowest BCUT2D eigenvalue weighted by Crippen LogP contribution is -2.08. The van der Waals surface area contributed by atoms with E-state index in [1.54, 1.807) is 6.26 Å². The first-order chi connectivity index (χ1) is 10.7. The molecule has 1 aromatic carbocycles. The zero-order chi connectivity index (χ0) is 17.4. The number of rotatable bonds is 3. The SMILES string of the molecule is CSc1c(C#N)nn(-c2c(Cl)cc(C(F)(F)F)cc2Cl)c1C=O. The largest absolute Gasteiger partial charge is 0.416 e. The first kappa shape index (κ1) is 17.7. The predicted octanol–water partition coefficient (Wildman–Crippen LogP) is 4.60. The molecule has 2 aromatic rings. The van der Waals surface area contributed by atoms with E-state index in [2.05, 4.69) is 5.10 Å². The number of carbonyl (C=O) groups is 1. The van der Waals surface area contributed by atoms with Crippen LogP contribution in [0.4, 0.5) is 13.2 Å². The van der Waals surface area contributed by atoms with E-state index < -0.39 is 11.7 Å². The Hall–Kier alpha value is -1.69. The van der Waals surface area contributed by atoms with E-state index in [-0.39, 0.29) is 32.0 Å². The Morgan fingerprint density at radius 1 is 1.35 bits per heavy atom. The molecule has 0 fully saturated rings. The molecule has 0 saturated carbocycles. The smallest absolute Gasteiger partial charge is 0.296 e. The van der Waals surface area contributed by atoms with Crippen LogP contribution in [0.25, 0.3) is 5.69 Å². The van der Waals surface area contributed by atoms with E-state index in [1.165, 1.54) is 0 Å². The number of nitrogens with zero attached hydrogens (tertiary/aromatic N) is 3. The molecule has 0 atom stereocenters. The van der Waals surface area contributed by atoms with Crippen molar-refractivity contribution in [2.24, 2.45) is 0 Å². The highest BCUT2D eigenvalue weighted by Gasteiger charge is 2.33. The average Bonchev–Trinajstić information content (AvgIpc) is 2.82. The van der Waals surface area contributed by atoms with Gasteiger partial charge in [-0.3, -0.25) is 4.79 Å². The molecule has 0 saturated heterocycles. The minimum Gasteiger partial charge on any atom is -0.296 e. The third kappa shape index (κ3) is 3.17. The van der Waals surface area contributed by atoms with Gasteiger partial charge in [-0.25, -0.2) is 4.68 Å². The molecule has 0 radical (unpaired) electrons. The molecule has 4 nitrogen and oxygen atoms in total. The number of hydrogen-bond donors (Lipinski definition) is 0. The normalized spacial score (nSPS) is 11.3. The van der Waals surface area contributed by atoms with E-state index in [0.29, 0.717) is 18.4 Å². The number of carbonyl (C=O) groups excluding carboxylic acids is 1. The molecule has 0 aliphatic carbocycles. The topological polar surface area (TPSA) is 58.7 Å². The van der Waals surface area contributed by atoms with Gasteiger partial charge >= 0.3 is 6.18 Å². The van der Waals surface area contributed by atoms with Gasteiger partial charge in [-0.15, -0.1) is 11.8 Å². The number of nitriles is 1. The van der Waals surface area contributed by atoms with Gasteiger partial charge in [0.25, 0.3) is 0 Å². The van der Waals surface area contributed by atoms with Crippen molar-refractivity contribution in [1.82, 2.24) is 9.78 Å². The lowest BCUT2D eigenvalue weighted by Gasteiger charge is -2.13. The summed E-state index contributed by atoms with van der Waals surface area (Å²) in [5, 5.41) is 12.3. The monoisotopic (exact) mass is 379 g/mol. The van der Waals surface area contributed by atoms with Crippen molar-refractivity contribution in [3.8, 4) is 11.8 Å². The molecule has 0 N–H and O–H groups in total. The zero-order valence-electron chi connectivity index (χ0n) is 11.3. The number of alkyl halides is 3. The van der Waals surface area contributed by atoms with Crippen LogP contribution in [0.5, 0.6) is 0 Å². The standard InChI is InChI=1S/C13H6Cl2F3N3OS/c1-23-12-9(4-19)20-21(10(12)5-22)11-7(14)2-6(3-8(11)15)13(16,17)18/h2-3,5H,1H3. The molecule has 120 valence electrons. The highest BCUT2D eigenvalue weighted by Crippen LogP contribution is 2.38. The number of halogens is 5. The number of hydrogen-bond acceptors (Lipinski definition) is 4. The van der Waals surface area contributed by atoms with Crippen LogP contribution in [-0.2, 0) is 6.18 Å². The van der Waals surface area contributed by atoms with Crippen LogP contribution in [0.1, 0.15) is 21.7 Å². The summed E-state index contributed by atoms with van der Waals surface area (Å²) in [6, 6.07) is 3.18. The minimum absolute atomic E-state index is 0.0161. The molecule has 0 spiro atoms. The highest BCUT2D eigenvalue weighted by atomic mass is 35.5. The van der Waals surface area contributed by atoms with Crippen LogP contribution in [0, 0.1) is 11.3 Å². The summed E-state index contributed by atoms with van der Waals surface area (Å²) in [5.41, 5.74) is -1.19. The second kappa shape index (κ2) is 6.43. The summed E-state index contributed by atoms with van der Waals surface area (Å²) in [5.74, 6) is 0. The van der Waals surface area contributed by atoms with Gasteiger partial charge in [-0.2, -0.15) is 23.5 Å². The Balaban J connectivity index is 2.76. The zero-order valence-corrected chi connectivity index (χ0v) is 13.6. The Kier molecular flexibility index (Phi) is 4.94. The van der Waals surface area contributed by atoms with Gasteiger partial charge in [0, 0.05) is 0 Å². The molecular formula is C13H6Cl2F3N3OS. The Morgan fingerprint density at radius 2 is 1.91 bits per heavy atom. The van der Waals surface area contributed by atoms with Crippen molar-refractivity contribution in [2.45, 2.75) is 11.1 Å². The molecule has 0 aliphatic heterocycles. The highest BCUT2D eigenvalue weighted by molar-refractivity contribution is 7.98. The molecular weight excluding hydrogens is 374 g/mol. The quantitative estimate of drug-likeness (QED) is 0.577. The summed E-state index contributed by atoms with van der Waals surface area (Å²) in [4.78, 5) is 11.6. The van der Waals surface area contributed by atoms with E-state index >= 15 is 0 Å². The molecule has 0 amide bonds. The molecule has 23 heavy (non-hydrogen) atoms. The number of thioether (sulfide) groups is 1. The summed E-state index contributed by atoms with van der Waals surface area (Å²) < 4.78 is 39.3. The van der Waals surface area contributed by atoms with E-state index in [9.17, 15) is 18.0 Å². The van der Waals surface area contributed by atoms with Crippen LogP contribution in [0.3, 0.4) is 0 Å². The number of benzene rings is 1. The van der Waals surface area contributed by atoms with Gasteiger partial charge in [-0.05, 0) is 18.4 Å². The Morgan fingerprint density at radius 3 is 2.30 bits per heavy atom. The molecule has 0 unspecified atom stereocenters. The van der Waals surface area contributed by atoms with Gasteiger partial charge in [0.1, 0.15) is 17.5 Å². The van der Waals surface area contributed by atoms with E-state index in [1.807, 2.05) is 6.07 Å². The molecule has 1 heterocycles. The maximum absolute atomic E-state index is 12.8.